The maximum Gasteiger partial charge on any atom is 0.138 e. The van der Waals surface area contributed by atoms with Crippen LogP contribution in [0.25, 0.3) is 0 Å². The lowest BCUT2D eigenvalue weighted by molar-refractivity contribution is 0.303. The minimum Gasteiger partial charge on any atom is -0.487 e. The van der Waals surface area contributed by atoms with Crippen molar-refractivity contribution < 1.29 is 4.74 Å². The highest BCUT2D eigenvalue weighted by Crippen LogP contribution is 2.18. The van der Waals surface area contributed by atoms with Crippen molar-refractivity contribution in [2.75, 3.05) is 0 Å². The van der Waals surface area contributed by atoms with Gasteiger partial charge in [-0.25, -0.2) is 0 Å². The summed E-state index contributed by atoms with van der Waals surface area (Å²) in [5.41, 5.74) is 5.13. The fourth-order valence-electron chi connectivity index (χ4n) is 2.03. The first-order chi connectivity index (χ1) is 8.16. The van der Waals surface area contributed by atoms with Crippen LogP contribution in [-0.2, 0) is 6.61 Å². The van der Waals surface area contributed by atoms with Crippen molar-refractivity contribution in [1.29, 1.82) is 0 Å². The van der Waals surface area contributed by atoms with Gasteiger partial charge < -0.3 is 4.74 Å². The number of ether oxygens (including phenoxy) is 1. The minimum atomic E-state index is 0.601. The van der Waals surface area contributed by atoms with Crippen LogP contribution in [-0.4, -0.2) is 4.98 Å². The Labute approximate surface area is 102 Å². The molecule has 0 aliphatic rings. The summed E-state index contributed by atoms with van der Waals surface area (Å²) in [7, 11) is 0. The molecule has 0 bridgehead atoms. The van der Waals surface area contributed by atoms with Crippen molar-refractivity contribution in [2.24, 2.45) is 0 Å². The molecule has 0 amide bonds. The standard InChI is InChI=1S/C15H17NO/c1-11-7-12(2)15(13(3)8-11)10-17-14-5-4-6-16-9-14/h4-9H,10H2,1-3H3. The van der Waals surface area contributed by atoms with Crippen LogP contribution in [0.4, 0.5) is 0 Å². The number of aromatic nitrogens is 1. The lowest BCUT2D eigenvalue weighted by atomic mass is 10.0. The maximum absolute atomic E-state index is 5.73. The third kappa shape index (κ3) is 2.84. The van der Waals surface area contributed by atoms with Crippen molar-refractivity contribution in [3.8, 4) is 5.75 Å². The second-order valence-electron chi connectivity index (χ2n) is 4.35. The molecule has 0 fully saturated rings. The van der Waals surface area contributed by atoms with Gasteiger partial charge in [-0.1, -0.05) is 17.7 Å². The molecule has 2 rings (SSSR count). The fourth-order valence-corrected chi connectivity index (χ4v) is 2.03. The molecule has 1 aromatic carbocycles. The van der Waals surface area contributed by atoms with E-state index in [4.69, 9.17) is 4.74 Å². The molecule has 2 aromatic rings. The predicted molar refractivity (Wildman–Crippen MR) is 69.2 cm³/mol. The van der Waals surface area contributed by atoms with Crippen LogP contribution in [0.3, 0.4) is 0 Å². The van der Waals surface area contributed by atoms with Crippen molar-refractivity contribution in [2.45, 2.75) is 27.4 Å². The van der Waals surface area contributed by atoms with Crippen molar-refractivity contribution in [1.82, 2.24) is 4.98 Å². The molecule has 0 N–H and O–H groups in total. The molecule has 0 radical (unpaired) electrons. The first kappa shape index (κ1) is 11.6. The molecular formula is C15H17NO. The summed E-state index contributed by atoms with van der Waals surface area (Å²) < 4.78 is 5.73. The molecule has 2 nitrogen and oxygen atoms in total. The van der Waals surface area contributed by atoms with Gasteiger partial charge in [-0.3, -0.25) is 4.98 Å². The Hall–Kier alpha value is -1.83. The average Bonchev–Trinajstić information content (AvgIpc) is 2.29. The number of hydrogen-bond acceptors (Lipinski definition) is 2. The van der Waals surface area contributed by atoms with Crippen LogP contribution in [0.15, 0.2) is 36.7 Å². The first-order valence-electron chi connectivity index (χ1n) is 5.76. The van der Waals surface area contributed by atoms with Gasteiger partial charge in [0.15, 0.2) is 0 Å². The fraction of sp³-hybridized carbons (Fsp3) is 0.267. The zero-order valence-corrected chi connectivity index (χ0v) is 10.5. The lowest BCUT2D eigenvalue weighted by Gasteiger charge is -2.12. The quantitative estimate of drug-likeness (QED) is 0.799. The molecule has 0 saturated carbocycles. The van der Waals surface area contributed by atoms with Gasteiger partial charge in [0.05, 0.1) is 6.20 Å². The monoisotopic (exact) mass is 227 g/mol. The second-order valence-corrected chi connectivity index (χ2v) is 4.35. The van der Waals surface area contributed by atoms with Crippen LogP contribution in [0, 0.1) is 20.8 Å². The van der Waals surface area contributed by atoms with E-state index in [0.29, 0.717) is 6.61 Å². The molecule has 88 valence electrons. The molecule has 1 heterocycles. The molecular weight excluding hydrogens is 210 g/mol. The van der Waals surface area contributed by atoms with E-state index < -0.39 is 0 Å². The number of aryl methyl sites for hydroxylation is 3. The van der Waals surface area contributed by atoms with Gasteiger partial charge in [-0.15, -0.1) is 0 Å². The van der Waals surface area contributed by atoms with Gasteiger partial charge in [0.25, 0.3) is 0 Å². The zero-order valence-electron chi connectivity index (χ0n) is 10.5. The Balaban J connectivity index is 2.15. The van der Waals surface area contributed by atoms with E-state index in [1.165, 1.54) is 22.3 Å². The van der Waals surface area contributed by atoms with Crippen molar-refractivity contribution >= 4 is 0 Å². The van der Waals surface area contributed by atoms with Gasteiger partial charge in [0.1, 0.15) is 12.4 Å². The zero-order chi connectivity index (χ0) is 12.3. The second kappa shape index (κ2) is 5.00. The maximum atomic E-state index is 5.73. The van der Waals surface area contributed by atoms with Gasteiger partial charge in [-0.05, 0) is 49.6 Å². The van der Waals surface area contributed by atoms with Gasteiger partial charge in [0.2, 0.25) is 0 Å². The number of benzene rings is 1. The summed E-state index contributed by atoms with van der Waals surface area (Å²) >= 11 is 0. The van der Waals surface area contributed by atoms with Gasteiger partial charge in [0, 0.05) is 6.20 Å². The molecule has 0 aliphatic heterocycles. The number of pyridine rings is 1. The number of nitrogens with zero attached hydrogens (tertiary/aromatic N) is 1. The van der Waals surface area contributed by atoms with E-state index in [9.17, 15) is 0 Å². The average molecular weight is 227 g/mol. The van der Waals surface area contributed by atoms with Crippen LogP contribution in [0.2, 0.25) is 0 Å². The highest BCUT2D eigenvalue weighted by Gasteiger charge is 2.04. The summed E-state index contributed by atoms with van der Waals surface area (Å²) in [6, 6.07) is 8.18. The Morgan fingerprint density at radius 1 is 1.12 bits per heavy atom. The van der Waals surface area contributed by atoms with Crippen molar-refractivity contribution in [3.63, 3.8) is 0 Å². The summed E-state index contributed by atoms with van der Waals surface area (Å²) in [6.45, 7) is 6.97. The molecule has 2 heteroatoms. The molecule has 0 unspecified atom stereocenters. The SMILES string of the molecule is Cc1cc(C)c(COc2cccnc2)c(C)c1. The Kier molecular flexibility index (Phi) is 3.43. The van der Waals surface area contributed by atoms with Crippen LogP contribution in [0.5, 0.6) is 5.75 Å². The summed E-state index contributed by atoms with van der Waals surface area (Å²) in [4.78, 5) is 4.03. The van der Waals surface area contributed by atoms with E-state index in [-0.39, 0.29) is 0 Å². The topological polar surface area (TPSA) is 22.1 Å². The smallest absolute Gasteiger partial charge is 0.138 e. The third-order valence-corrected chi connectivity index (χ3v) is 2.86. The van der Waals surface area contributed by atoms with E-state index in [1.807, 2.05) is 12.1 Å². The first-order valence-corrected chi connectivity index (χ1v) is 5.76. The Bertz CT molecular complexity index is 483. The summed E-state index contributed by atoms with van der Waals surface area (Å²) in [6.07, 6.45) is 3.48. The van der Waals surface area contributed by atoms with Crippen LogP contribution < -0.4 is 4.74 Å². The minimum absolute atomic E-state index is 0.601. The lowest BCUT2D eigenvalue weighted by Crippen LogP contribution is -2.01. The van der Waals surface area contributed by atoms with E-state index in [0.717, 1.165) is 5.75 Å². The van der Waals surface area contributed by atoms with Gasteiger partial charge in [-0.2, -0.15) is 0 Å². The largest absolute Gasteiger partial charge is 0.487 e. The summed E-state index contributed by atoms with van der Waals surface area (Å²) in [5, 5.41) is 0. The molecule has 17 heavy (non-hydrogen) atoms. The van der Waals surface area contributed by atoms with E-state index in [2.05, 4.69) is 37.9 Å². The Morgan fingerprint density at radius 3 is 2.41 bits per heavy atom. The van der Waals surface area contributed by atoms with Crippen LogP contribution >= 0.6 is 0 Å². The number of hydrogen-bond donors (Lipinski definition) is 0. The molecule has 0 aliphatic carbocycles. The highest BCUT2D eigenvalue weighted by molar-refractivity contribution is 5.37. The highest BCUT2D eigenvalue weighted by atomic mass is 16.5. The van der Waals surface area contributed by atoms with Crippen LogP contribution in [0.1, 0.15) is 22.3 Å². The molecule has 0 spiro atoms. The van der Waals surface area contributed by atoms with E-state index >= 15 is 0 Å². The third-order valence-electron chi connectivity index (χ3n) is 2.86. The molecule has 0 saturated heterocycles. The Morgan fingerprint density at radius 2 is 1.82 bits per heavy atom. The van der Waals surface area contributed by atoms with E-state index in [1.54, 1.807) is 12.4 Å². The molecule has 0 atom stereocenters. The summed E-state index contributed by atoms with van der Waals surface area (Å²) in [5.74, 6) is 0.812. The predicted octanol–water partition coefficient (Wildman–Crippen LogP) is 3.59. The van der Waals surface area contributed by atoms with Crippen molar-refractivity contribution in [3.05, 3.63) is 58.9 Å². The number of rotatable bonds is 3. The normalized spacial score (nSPS) is 10.3. The van der Waals surface area contributed by atoms with Gasteiger partial charge >= 0.3 is 0 Å². The molecule has 1 aromatic heterocycles.